The van der Waals surface area contributed by atoms with Gasteiger partial charge in [-0.1, -0.05) is 54.8 Å². The molecule has 0 saturated heterocycles. The standard InChI is InChI=1S/C26H34ClN3O4S/c1-18-9-5-6-10-21(18)16-29(20(3)26(32)28-23-11-7-8-12-23)25(31)17-30(35(4,33)34)24-15-22(27)14-13-19(24)2/h5-6,9-10,13-15,20,23H,7-8,11-12,16-17H2,1-4H3,(H,28,32)/t20-/m1/s1. The fraction of sp³-hybridized carbons (Fsp3) is 0.462. The van der Waals surface area contributed by atoms with Gasteiger partial charge in [0.15, 0.2) is 0 Å². The molecule has 7 nitrogen and oxygen atoms in total. The monoisotopic (exact) mass is 519 g/mol. The quantitative estimate of drug-likeness (QED) is 0.538. The van der Waals surface area contributed by atoms with Gasteiger partial charge in [0.25, 0.3) is 0 Å². The number of rotatable bonds is 9. The van der Waals surface area contributed by atoms with Gasteiger partial charge in [0.2, 0.25) is 21.8 Å². The molecule has 1 saturated carbocycles. The lowest BCUT2D eigenvalue weighted by Gasteiger charge is -2.32. The van der Waals surface area contributed by atoms with Crippen LogP contribution in [-0.4, -0.2) is 50.0 Å². The average molecular weight is 520 g/mol. The van der Waals surface area contributed by atoms with Crippen LogP contribution in [0.15, 0.2) is 42.5 Å². The molecule has 0 bridgehead atoms. The van der Waals surface area contributed by atoms with Gasteiger partial charge in [0.05, 0.1) is 11.9 Å². The minimum absolute atomic E-state index is 0.113. The van der Waals surface area contributed by atoms with E-state index in [-0.39, 0.29) is 18.5 Å². The Kier molecular flexibility index (Phi) is 8.83. The molecule has 3 rings (SSSR count). The Hall–Kier alpha value is -2.58. The van der Waals surface area contributed by atoms with Crippen molar-refractivity contribution in [2.75, 3.05) is 17.1 Å². The molecule has 1 N–H and O–H groups in total. The van der Waals surface area contributed by atoms with E-state index in [1.807, 2.05) is 31.2 Å². The molecule has 9 heteroatoms. The Labute approximate surface area is 213 Å². The predicted molar refractivity (Wildman–Crippen MR) is 140 cm³/mol. The molecule has 0 aliphatic heterocycles. The lowest BCUT2D eigenvalue weighted by molar-refractivity contribution is -0.139. The second kappa shape index (κ2) is 11.4. The molecule has 0 heterocycles. The molecule has 190 valence electrons. The third-order valence-corrected chi connectivity index (χ3v) is 7.95. The first-order valence-corrected chi connectivity index (χ1v) is 14.1. The van der Waals surface area contributed by atoms with Crippen LogP contribution in [0.1, 0.15) is 49.3 Å². The summed E-state index contributed by atoms with van der Waals surface area (Å²) >= 11 is 6.14. The summed E-state index contributed by atoms with van der Waals surface area (Å²) in [7, 11) is -3.80. The van der Waals surface area contributed by atoms with Crippen LogP contribution in [0.2, 0.25) is 5.02 Å². The van der Waals surface area contributed by atoms with E-state index in [1.165, 1.54) is 11.0 Å². The first kappa shape index (κ1) is 27.0. The first-order chi connectivity index (χ1) is 16.5. The number of hydrogen-bond acceptors (Lipinski definition) is 4. The molecule has 0 radical (unpaired) electrons. The smallest absolute Gasteiger partial charge is 0.244 e. The summed E-state index contributed by atoms with van der Waals surface area (Å²) in [6.07, 6.45) is 5.07. The van der Waals surface area contributed by atoms with E-state index in [9.17, 15) is 18.0 Å². The van der Waals surface area contributed by atoms with Gasteiger partial charge >= 0.3 is 0 Å². The topological polar surface area (TPSA) is 86.8 Å². The van der Waals surface area contributed by atoms with Crippen molar-refractivity contribution >= 4 is 39.1 Å². The number of carbonyl (C=O) groups excluding carboxylic acids is 2. The third-order valence-electron chi connectivity index (χ3n) is 6.59. The van der Waals surface area contributed by atoms with Crippen LogP contribution in [-0.2, 0) is 26.2 Å². The Morgan fingerprint density at radius 1 is 1.09 bits per heavy atom. The number of anilines is 1. The Bertz CT molecular complexity index is 1180. The van der Waals surface area contributed by atoms with E-state index < -0.39 is 28.5 Å². The Balaban J connectivity index is 1.92. The highest BCUT2D eigenvalue weighted by Crippen LogP contribution is 2.27. The Morgan fingerprint density at radius 3 is 2.37 bits per heavy atom. The summed E-state index contributed by atoms with van der Waals surface area (Å²) in [6, 6.07) is 11.9. The van der Waals surface area contributed by atoms with E-state index in [4.69, 9.17) is 11.6 Å². The molecule has 0 spiro atoms. The van der Waals surface area contributed by atoms with Crippen LogP contribution in [0.5, 0.6) is 0 Å². The van der Waals surface area contributed by atoms with E-state index in [0.29, 0.717) is 16.3 Å². The lowest BCUT2D eigenvalue weighted by atomic mass is 10.1. The molecule has 2 aromatic carbocycles. The number of benzene rings is 2. The van der Waals surface area contributed by atoms with Gasteiger partial charge in [0, 0.05) is 17.6 Å². The maximum absolute atomic E-state index is 13.7. The number of aryl methyl sites for hydroxylation is 2. The van der Waals surface area contributed by atoms with E-state index >= 15 is 0 Å². The molecule has 0 unspecified atom stereocenters. The van der Waals surface area contributed by atoms with Gasteiger partial charge in [-0.25, -0.2) is 8.42 Å². The minimum Gasteiger partial charge on any atom is -0.352 e. The van der Waals surface area contributed by atoms with E-state index in [0.717, 1.165) is 47.4 Å². The highest BCUT2D eigenvalue weighted by molar-refractivity contribution is 7.92. The molecule has 2 aromatic rings. The largest absolute Gasteiger partial charge is 0.352 e. The van der Waals surface area contributed by atoms with Crippen molar-refractivity contribution in [1.82, 2.24) is 10.2 Å². The zero-order chi connectivity index (χ0) is 25.8. The number of amides is 2. The number of nitrogens with one attached hydrogen (secondary N) is 1. The summed E-state index contributed by atoms with van der Waals surface area (Å²) in [4.78, 5) is 28.3. The average Bonchev–Trinajstić information content (AvgIpc) is 3.30. The van der Waals surface area contributed by atoms with Gasteiger partial charge in [0.1, 0.15) is 12.6 Å². The highest BCUT2D eigenvalue weighted by atomic mass is 35.5. The highest BCUT2D eigenvalue weighted by Gasteiger charge is 2.32. The van der Waals surface area contributed by atoms with Crippen molar-refractivity contribution in [3.8, 4) is 0 Å². The van der Waals surface area contributed by atoms with Gasteiger partial charge in [-0.15, -0.1) is 0 Å². The van der Waals surface area contributed by atoms with E-state index in [2.05, 4.69) is 5.32 Å². The second-order valence-corrected chi connectivity index (χ2v) is 11.7. The fourth-order valence-electron chi connectivity index (χ4n) is 4.39. The first-order valence-electron chi connectivity index (χ1n) is 11.9. The maximum Gasteiger partial charge on any atom is 0.244 e. The third kappa shape index (κ3) is 6.98. The van der Waals surface area contributed by atoms with Crippen molar-refractivity contribution in [2.24, 2.45) is 0 Å². The number of carbonyl (C=O) groups is 2. The summed E-state index contributed by atoms with van der Waals surface area (Å²) in [5, 5.41) is 3.43. The minimum atomic E-state index is -3.80. The number of sulfonamides is 1. The Morgan fingerprint density at radius 2 is 1.74 bits per heavy atom. The number of halogens is 1. The van der Waals surface area contributed by atoms with Crippen molar-refractivity contribution in [3.63, 3.8) is 0 Å². The molecule has 0 aromatic heterocycles. The summed E-state index contributed by atoms with van der Waals surface area (Å²) in [6.45, 7) is 5.15. The van der Waals surface area contributed by atoms with E-state index in [1.54, 1.807) is 26.0 Å². The molecule has 1 aliphatic rings. The van der Waals surface area contributed by atoms with Gasteiger partial charge < -0.3 is 10.2 Å². The summed E-state index contributed by atoms with van der Waals surface area (Å²) in [5.41, 5.74) is 2.89. The molecular weight excluding hydrogens is 486 g/mol. The van der Waals surface area contributed by atoms with Crippen molar-refractivity contribution < 1.29 is 18.0 Å². The van der Waals surface area contributed by atoms with Crippen LogP contribution in [0.3, 0.4) is 0 Å². The van der Waals surface area contributed by atoms with Crippen LogP contribution in [0.4, 0.5) is 5.69 Å². The van der Waals surface area contributed by atoms with Crippen LogP contribution in [0, 0.1) is 13.8 Å². The molecule has 1 aliphatic carbocycles. The summed E-state index contributed by atoms with van der Waals surface area (Å²) < 4.78 is 26.5. The van der Waals surface area contributed by atoms with Gasteiger partial charge in [-0.2, -0.15) is 0 Å². The van der Waals surface area contributed by atoms with Crippen molar-refractivity contribution in [1.29, 1.82) is 0 Å². The number of hydrogen-bond donors (Lipinski definition) is 1. The maximum atomic E-state index is 13.7. The van der Waals surface area contributed by atoms with Crippen LogP contribution < -0.4 is 9.62 Å². The normalized spacial score (nSPS) is 15.0. The van der Waals surface area contributed by atoms with Crippen molar-refractivity contribution in [2.45, 2.75) is 65.1 Å². The SMILES string of the molecule is Cc1ccccc1CN(C(=O)CN(c1cc(Cl)ccc1C)S(C)(=O)=O)[C@H](C)C(=O)NC1CCCC1. The van der Waals surface area contributed by atoms with Crippen LogP contribution >= 0.6 is 11.6 Å². The fourth-order valence-corrected chi connectivity index (χ4v) is 5.46. The zero-order valence-corrected chi connectivity index (χ0v) is 22.3. The second-order valence-electron chi connectivity index (χ2n) is 9.31. The molecule has 2 amide bonds. The molecule has 1 fully saturated rings. The van der Waals surface area contributed by atoms with Gasteiger partial charge in [-0.05, 0) is 62.4 Å². The molecule has 1 atom stereocenters. The molecular formula is C26H34ClN3O4S. The zero-order valence-electron chi connectivity index (χ0n) is 20.8. The lowest BCUT2D eigenvalue weighted by Crippen LogP contribution is -2.52. The predicted octanol–water partition coefficient (Wildman–Crippen LogP) is 4.20. The van der Waals surface area contributed by atoms with Crippen LogP contribution in [0.25, 0.3) is 0 Å². The van der Waals surface area contributed by atoms with Crippen molar-refractivity contribution in [3.05, 3.63) is 64.2 Å². The number of nitrogens with zero attached hydrogens (tertiary/aromatic N) is 2. The molecule has 35 heavy (non-hydrogen) atoms. The summed E-state index contributed by atoms with van der Waals surface area (Å²) in [5.74, 6) is -0.698. The van der Waals surface area contributed by atoms with Gasteiger partial charge in [-0.3, -0.25) is 13.9 Å².